The number of carboxylic acid groups (broad SMARTS) is 2. The van der Waals surface area contributed by atoms with Crippen molar-refractivity contribution in [3.05, 3.63) is 35.9 Å². The van der Waals surface area contributed by atoms with Crippen molar-refractivity contribution in [2.24, 2.45) is 5.92 Å². The van der Waals surface area contributed by atoms with Crippen molar-refractivity contribution in [1.29, 1.82) is 0 Å². The molecule has 0 radical (unpaired) electrons. The van der Waals surface area contributed by atoms with Crippen molar-refractivity contribution in [2.45, 2.75) is 45.2 Å². The van der Waals surface area contributed by atoms with Crippen LogP contribution in [0, 0.1) is 5.92 Å². The van der Waals surface area contributed by atoms with Crippen LogP contribution in [0.2, 0.25) is 0 Å². The summed E-state index contributed by atoms with van der Waals surface area (Å²) in [4.78, 5) is 25.0. The van der Waals surface area contributed by atoms with E-state index >= 15 is 0 Å². The number of ether oxygens (including phenoxy) is 2. The number of piperidine rings is 1. The summed E-state index contributed by atoms with van der Waals surface area (Å²) >= 11 is 0. The van der Waals surface area contributed by atoms with E-state index in [2.05, 4.69) is 0 Å². The van der Waals surface area contributed by atoms with Crippen molar-refractivity contribution in [1.82, 2.24) is 4.90 Å². The Kier molecular flexibility index (Phi) is 6.92. The molecule has 7 heteroatoms. The molecule has 1 aromatic rings. The Labute approximate surface area is 147 Å². The summed E-state index contributed by atoms with van der Waals surface area (Å²) in [5, 5.41) is 19.1. The highest BCUT2D eigenvalue weighted by Crippen LogP contribution is 2.28. The lowest BCUT2D eigenvalue weighted by molar-refractivity contribution is -0.189. The van der Waals surface area contributed by atoms with Crippen LogP contribution in [0.25, 0.3) is 0 Å². The number of carbonyl (C=O) groups is 2. The molecule has 0 aliphatic carbocycles. The highest BCUT2D eigenvalue weighted by molar-refractivity contribution is 5.83. The fourth-order valence-corrected chi connectivity index (χ4v) is 3.30. The summed E-state index contributed by atoms with van der Waals surface area (Å²) in [6, 6.07) is 8.32. The highest BCUT2D eigenvalue weighted by Gasteiger charge is 2.45. The summed E-state index contributed by atoms with van der Waals surface area (Å²) in [7, 11) is 0. The van der Waals surface area contributed by atoms with Gasteiger partial charge in [-0.05, 0) is 25.8 Å². The molecule has 0 spiro atoms. The normalized spacial score (nSPS) is 25.4. The lowest BCUT2D eigenvalue weighted by Crippen LogP contribution is -2.57. The minimum atomic E-state index is -1.13. The molecule has 0 bridgehead atoms. The highest BCUT2D eigenvalue weighted by atomic mass is 16.7. The van der Waals surface area contributed by atoms with E-state index in [1.54, 1.807) is 11.8 Å². The van der Waals surface area contributed by atoms with Crippen molar-refractivity contribution in [2.75, 3.05) is 13.2 Å². The van der Waals surface area contributed by atoms with E-state index in [-0.39, 0.29) is 6.42 Å². The monoisotopic (exact) mass is 351 g/mol. The first-order valence-electron chi connectivity index (χ1n) is 8.43. The van der Waals surface area contributed by atoms with Gasteiger partial charge in [0.2, 0.25) is 0 Å². The van der Waals surface area contributed by atoms with E-state index in [1.165, 1.54) is 0 Å². The van der Waals surface area contributed by atoms with Crippen LogP contribution in [0.1, 0.15) is 25.8 Å². The van der Waals surface area contributed by atoms with Crippen LogP contribution in [-0.4, -0.2) is 58.6 Å². The summed E-state index contributed by atoms with van der Waals surface area (Å²) < 4.78 is 11.2. The molecule has 1 aliphatic rings. The molecular weight excluding hydrogens is 326 g/mol. The topological polar surface area (TPSA) is 96.3 Å². The molecule has 1 fully saturated rings. The molecule has 1 aromatic carbocycles. The summed E-state index contributed by atoms with van der Waals surface area (Å²) in [5.41, 5.74) is 0.927. The van der Waals surface area contributed by atoms with Gasteiger partial charge >= 0.3 is 11.9 Å². The fourth-order valence-electron chi connectivity index (χ4n) is 3.30. The number of carboxylic acids is 2. The zero-order valence-electron chi connectivity index (χ0n) is 14.5. The molecule has 2 N–H and O–H groups in total. The Morgan fingerprint density at radius 2 is 1.92 bits per heavy atom. The molecule has 7 nitrogen and oxygen atoms in total. The Morgan fingerprint density at radius 1 is 1.24 bits per heavy atom. The zero-order chi connectivity index (χ0) is 18.4. The third kappa shape index (κ3) is 5.26. The molecule has 1 unspecified atom stereocenters. The Hall–Kier alpha value is -1.96. The van der Waals surface area contributed by atoms with Gasteiger partial charge in [-0.15, -0.1) is 0 Å². The van der Waals surface area contributed by atoms with Crippen molar-refractivity contribution < 1.29 is 29.3 Å². The Bertz CT molecular complexity index is 578. The number of nitrogens with zero attached hydrogens (tertiary/aromatic N) is 1. The quantitative estimate of drug-likeness (QED) is 0.690. The van der Waals surface area contributed by atoms with Gasteiger partial charge in [0.15, 0.2) is 6.29 Å². The number of rotatable bonds is 8. The number of hydrogen-bond acceptors (Lipinski definition) is 5. The van der Waals surface area contributed by atoms with Gasteiger partial charge in [0.05, 0.1) is 12.0 Å². The van der Waals surface area contributed by atoms with Crippen molar-refractivity contribution >= 4 is 11.9 Å². The van der Waals surface area contributed by atoms with Crippen molar-refractivity contribution in [3.63, 3.8) is 0 Å². The molecule has 1 aliphatic heterocycles. The van der Waals surface area contributed by atoms with Crippen LogP contribution in [0.15, 0.2) is 30.3 Å². The lowest BCUT2D eigenvalue weighted by Gasteiger charge is -2.41. The molecule has 2 rings (SSSR count). The molecule has 138 valence electrons. The molecular formula is C18H25NO6. The summed E-state index contributed by atoms with van der Waals surface area (Å²) in [6.07, 6.45) is -0.721. The van der Waals surface area contributed by atoms with E-state index in [9.17, 15) is 19.8 Å². The third-order valence-electron chi connectivity index (χ3n) is 4.31. The summed E-state index contributed by atoms with van der Waals surface area (Å²) in [6.45, 7) is 4.78. The number of likely N-dealkylation sites (tertiary alicyclic amines) is 1. The molecule has 25 heavy (non-hydrogen) atoms. The van der Waals surface area contributed by atoms with E-state index < -0.39 is 36.3 Å². The predicted octanol–water partition coefficient (Wildman–Crippen LogP) is 1.81. The predicted molar refractivity (Wildman–Crippen MR) is 90.0 cm³/mol. The van der Waals surface area contributed by atoms with Crippen LogP contribution in [0.5, 0.6) is 0 Å². The third-order valence-corrected chi connectivity index (χ3v) is 4.31. The smallest absolute Gasteiger partial charge is 0.321 e. The van der Waals surface area contributed by atoms with E-state index in [1.807, 2.05) is 37.3 Å². The van der Waals surface area contributed by atoms with Crippen LogP contribution < -0.4 is 0 Å². The second-order valence-electron chi connectivity index (χ2n) is 6.16. The Balaban J connectivity index is 2.20. The lowest BCUT2D eigenvalue weighted by atomic mass is 9.87. The number of aliphatic carboxylic acids is 2. The van der Waals surface area contributed by atoms with E-state index in [4.69, 9.17) is 9.47 Å². The molecule has 1 saturated heterocycles. The van der Waals surface area contributed by atoms with Gasteiger partial charge in [-0.25, -0.2) is 0 Å². The molecule has 0 aromatic heterocycles. The first kappa shape index (κ1) is 19.4. The van der Waals surface area contributed by atoms with Crippen molar-refractivity contribution in [3.8, 4) is 0 Å². The van der Waals surface area contributed by atoms with Gasteiger partial charge in [0.25, 0.3) is 0 Å². The van der Waals surface area contributed by atoms with E-state index in [0.717, 1.165) is 5.56 Å². The number of benzene rings is 1. The van der Waals surface area contributed by atoms with Gasteiger partial charge in [0, 0.05) is 19.7 Å². The molecule has 0 amide bonds. The average molecular weight is 351 g/mol. The maximum atomic E-state index is 11.7. The largest absolute Gasteiger partial charge is 0.481 e. The average Bonchev–Trinajstić information content (AvgIpc) is 2.55. The van der Waals surface area contributed by atoms with E-state index in [0.29, 0.717) is 19.7 Å². The second-order valence-corrected chi connectivity index (χ2v) is 6.16. The van der Waals surface area contributed by atoms with Crippen LogP contribution in [-0.2, 0) is 25.6 Å². The minimum absolute atomic E-state index is 0.148. The molecule has 1 heterocycles. The van der Waals surface area contributed by atoms with Gasteiger partial charge < -0.3 is 19.7 Å². The summed E-state index contributed by atoms with van der Waals surface area (Å²) in [5.74, 6) is -3.28. The molecule has 4 atom stereocenters. The van der Waals surface area contributed by atoms with Crippen LogP contribution >= 0.6 is 0 Å². The standard InChI is InChI=1S/C18H25NO6/c1-3-24-12(2)25-14-9-15(17(20)21)16(18(22)23)19(11-14)10-13-7-5-4-6-8-13/h4-8,12,14-16H,3,9-11H2,1-2H3,(H,20,21)(H,22,23)/t12?,14-,15+,16+/m1/s1. The Morgan fingerprint density at radius 3 is 2.48 bits per heavy atom. The number of hydrogen-bond donors (Lipinski definition) is 2. The zero-order valence-corrected chi connectivity index (χ0v) is 14.5. The van der Waals surface area contributed by atoms with Gasteiger partial charge in [-0.3, -0.25) is 14.5 Å². The SMILES string of the molecule is CCOC(C)O[C@@H]1C[C@H](C(=O)O)[C@@H](C(=O)O)N(Cc2ccccc2)C1. The van der Waals surface area contributed by atoms with Gasteiger partial charge in [-0.1, -0.05) is 30.3 Å². The second kappa shape index (κ2) is 8.94. The minimum Gasteiger partial charge on any atom is -0.481 e. The van der Waals surface area contributed by atoms with Crippen LogP contribution in [0.3, 0.4) is 0 Å². The molecule has 0 saturated carbocycles. The van der Waals surface area contributed by atoms with Gasteiger partial charge in [0.1, 0.15) is 6.04 Å². The maximum absolute atomic E-state index is 11.7. The maximum Gasteiger partial charge on any atom is 0.321 e. The first-order chi connectivity index (χ1) is 11.9. The van der Waals surface area contributed by atoms with Crippen LogP contribution in [0.4, 0.5) is 0 Å². The first-order valence-corrected chi connectivity index (χ1v) is 8.43. The fraction of sp³-hybridized carbons (Fsp3) is 0.556. The van der Waals surface area contributed by atoms with Gasteiger partial charge in [-0.2, -0.15) is 0 Å².